The Morgan fingerprint density at radius 2 is 2.00 bits per heavy atom. The van der Waals surface area contributed by atoms with Gasteiger partial charge in [-0.3, -0.25) is 0 Å². The van der Waals surface area contributed by atoms with E-state index in [1.54, 1.807) is 30.3 Å². The first-order valence-corrected chi connectivity index (χ1v) is 6.20. The largest absolute Gasteiger partial charge is 0.507 e. The predicted octanol–water partition coefficient (Wildman–Crippen LogP) is 2.44. The second-order valence-corrected chi connectivity index (χ2v) is 4.25. The number of phenolic OH excluding ortho intramolecular Hbond substituents is 1. The maximum atomic E-state index is 10.1. The molecule has 0 aliphatic rings. The summed E-state index contributed by atoms with van der Waals surface area (Å²) in [6.07, 6.45) is 0. The smallest absolute Gasteiger partial charge is 0.127 e. The fourth-order valence-electron chi connectivity index (χ4n) is 2.14. The van der Waals surface area contributed by atoms with E-state index in [4.69, 9.17) is 4.74 Å². The molecule has 0 aliphatic carbocycles. The Hall–Kier alpha value is -2.76. The van der Waals surface area contributed by atoms with Gasteiger partial charge in [0.2, 0.25) is 0 Å². The summed E-state index contributed by atoms with van der Waals surface area (Å²) >= 11 is 0. The van der Waals surface area contributed by atoms with E-state index in [-0.39, 0.29) is 5.75 Å². The molecule has 6 nitrogen and oxygen atoms in total. The zero-order chi connectivity index (χ0) is 14.1. The number of fused-ring (bicyclic) bond motifs is 1. The van der Waals surface area contributed by atoms with Gasteiger partial charge in [0, 0.05) is 17.2 Å². The van der Waals surface area contributed by atoms with E-state index in [1.165, 1.54) is 0 Å². The molecule has 0 spiro atoms. The van der Waals surface area contributed by atoms with E-state index >= 15 is 0 Å². The van der Waals surface area contributed by atoms with Crippen LogP contribution in [0.25, 0.3) is 22.2 Å². The van der Waals surface area contributed by atoms with E-state index in [0.717, 1.165) is 0 Å². The lowest BCUT2D eigenvalue weighted by atomic mass is 10.0. The Labute approximate surface area is 114 Å². The van der Waals surface area contributed by atoms with E-state index in [0.29, 0.717) is 39.5 Å². The van der Waals surface area contributed by atoms with Crippen LogP contribution in [0.2, 0.25) is 0 Å². The van der Waals surface area contributed by atoms with Crippen molar-refractivity contribution in [2.24, 2.45) is 0 Å². The van der Waals surface area contributed by atoms with E-state index in [1.807, 2.05) is 13.0 Å². The molecule has 0 fully saturated rings. The van der Waals surface area contributed by atoms with Gasteiger partial charge in [0.1, 0.15) is 22.5 Å². The third-order valence-corrected chi connectivity index (χ3v) is 2.97. The van der Waals surface area contributed by atoms with Crippen molar-refractivity contribution < 1.29 is 15.1 Å². The third-order valence-electron chi connectivity index (χ3n) is 2.97. The number of aromatic nitrogens is 3. The summed E-state index contributed by atoms with van der Waals surface area (Å²) in [4.78, 5) is 0.528. The predicted molar refractivity (Wildman–Crippen MR) is 73.0 cm³/mol. The molecule has 0 saturated heterocycles. The highest BCUT2D eigenvalue weighted by atomic mass is 16.5. The molecular formula is C14H13N3O3. The number of benzene rings is 2. The molecule has 0 amide bonds. The van der Waals surface area contributed by atoms with Crippen LogP contribution in [0.4, 0.5) is 0 Å². The second-order valence-electron chi connectivity index (χ2n) is 4.25. The maximum absolute atomic E-state index is 10.1. The van der Waals surface area contributed by atoms with E-state index in [2.05, 4.69) is 10.2 Å². The molecule has 0 atom stereocenters. The van der Waals surface area contributed by atoms with Crippen LogP contribution >= 0.6 is 0 Å². The standard InChI is InChI=1S/C14H13N3O3/c1-2-20-9-6-7-10(13(18)8-9)11-4-3-5-12-14(11)16-17(19)15-12/h3-8,18-19H,2H2,1H3. The summed E-state index contributed by atoms with van der Waals surface area (Å²) < 4.78 is 5.34. The van der Waals surface area contributed by atoms with Gasteiger partial charge in [0.05, 0.1) is 6.61 Å². The Morgan fingerprint density at radius 1 is 1.15 bits per heavy atom. The molecular weight excluding hydrogens is 258 g/mol. The van der Waals surface area contributed by atoms with Crippen molar-refractivity contribution in [3.63, 3.8) is 0 Å². The van der Waals surface area contributed by atoms with Crippen LogP contribution in [-0.4, -0.2) is 32.1 Å². The van der Waals surface area contributed by atoms with Crippen LogP contribution in [-0.2, 0) is 0 Å². The Morgan fingerprint density at radius 3 is 2.75 bits per heavy atom. The minimum absolute atomic E-state index is 0.0935. The summed E-state index contributed by atoms with van der Waals surface area (Å²) in [5.74, 6) is 0.697. The normalized spacial score (nSPS) is 10.8. The topological polar surface area (TPSA) is 80.4 Å². The third kappa shape index (κ3) is 2.01. The molecule has 6 heteroatoms. The number of aromatic hydroxyl groups is 1. The van der Waals surface area contributed by atoms with Gasteiger partial charge < -0.3 is 15.1 Å². The quantitative estimate of drug-likeness (QED) is 0.715. The SMILES string of the molecule is CCOc1ccc(-c2cccc3nn(O)nc23)c(O)c1. The molecule has 2 N–H and O–H groups in total. The van der Waals surface area contributed by atoms with Crippen molar-refractivity contribution in [3.05, 3.63) is 36.4 Å². The highest BCUT2D eigenvalue weighted by Gasteiger charge is 2.13. The Bertz CT molecular complexity index is 767. The van der Waals surface area contributed by atoms with Crippen LogP contribution in [0.5, 0.6) is 11.5 Å². The number of phenols is 1. The van der Waals surface area contributed by atoms with Crippen LogP contribution in [0.3, 0.4) is 0 Å². The molecule has 3 rings (SSSR count). The molecule has 1 aromatic heterocycles. The highest BCUT2D eigenvalue weighted by molar-refractivity contribution is 5.93. The van der Waals surface area contributed by atoms with Crippen LogP contribution in [0, 0.1) is 0 Å². The van der Waals surface area contributed by atoms with Gasteiger partial charge in [0.15, 0.2) is 0 Å². The number of nitrogens with zero attached hydrogens (tertiary/aromatic N) is 3. The van der Waals surface area contributed by atoms with E-state index < -0.39 is 0 Å². The first-order chi connectivity index (χ1) is 9.69. The van der Waals surface area contributed by atoms with Gasteiger partial charge in [0.25, 0.3) is 0 Å². The monoisotopic (exact) mass is 271 g/mol. The summed E-state index contributed by atoms with van der Waals surface area (Å²) in [6.45, 7) is 2.42. The summed E-state index contributed by atoms with van der Waals surface area (Å²) in [6, 6.07) is 10.4. The fraction of sp³-hybridized carbons (Fsp3) is 0.143. The van der Waals surface area contributed by atoms with Crippen molar-refractivity contribution in [2.45, 2.75) is 6.92 Å². The van der Waals surface area contributed by atoms with Gasteiger partial charge in [-0.1, -0.05) is 12.1 Å². The molecule has 0 bridgehead atoms. The minimum Gasteiger partial charge on any atom is -0.507 e. The van der Waals surface area contributed by atoms with Gasteiger partial charge in [-0.15, -0.1) is 10.2 Å². The van der Waals surface area contributed by atoms with Gasteiger partial charge >= 0.3 is 0 Å². The molecule has 20 heavy (non-hydrogen) atoms. The average Bonchev–Trinajstić information content (AvgIpc) is 2.79. The van der Waals surface area contributed by atoms with Crippen LogP contribution < -0.4 is 4.74 Å². The van der Waals surface area contributed by atoms with Crippen LogP contribution in [0.15, 0.2) is 36.4 Å². The summed E-state index contributed by atoms with van der Waals surface area (Å²) in [5.41, 5.74) is 2.38. The molecule has 0 saturated carbocycles. The lowest BCUT2D eigenvalue weighted by Crippen LogP contribution is -1.93. The zero-order valence-electron chi connectivity index (χ0n) is 10.8. The van der Waals surface area contributed by atoms with Gasteiger partial charge in [-0.25, -0.2) is 0 Å². The molecule has 3 aromatic rings. The number of hydrogen-bond acceptors (Lipinski definition) is 5. The number of hydrogen-bond donors (Lipinski definition) is 2. The van der Waals surface area contributed by atoms with Crippen molar-refractivity contribution in [2.75, 3.05) is 6.61 Å². The minimum atomic E-state index is 0.0935. The molecule has 0 radical (unpaired) electrons. The van der Waals surface area contributed by atoms with Crippen molar-refractivity contribution in [1.82, 2.24) is 15.2 Å². The van der Waals surface area contributed by atoms with E-state index in [9.17, 15) is 10.3 Å². The Balaban J connectivity index is 2.15. The maximum Gasteiger partial charge on any atom is 0.127 e. The van der Waals surface area contributed by atoms with Crippen molar-refractivity contribution >= 4 is 11.0 Å². The molecule has 102 valence electrons. The van der Waals surface area contributed by atoms with Gasteiger partial charge in [-0.2, -0.15) is 0 Å². The lowest BCUT2D eigenvalue weighted by molar-refractivity contribution is 0.113. The first kappa shape index (κ1) is 12.3. The second kappa shape index (κ2) is 4.73. The molecule has 1 heterocycles. The lowest BCUT2D eigenvalue weighted by Gasteiger charge is -2.08. The number of ether oxygens (including phenoxy) is 1. The van der Waals surface area contributed by atoms with Crippen molar-refractivity contribution in [1.29, 1.82) is 0 Å². The highest BCUT2D eigenvalue weighted by Crippen LogP contribution is 2.35. The van der Waals surface area contributed by atoms with Gasteiger partial charge in [-0.05, 0) is 30.1 Å². The average molecular weight is 271 g/mol. The molecule has 2 aromatic carbocycles. The van der Waals surface area contributed by atoms with Crippen molar-refractivity contribution in [3.8, 4) is 22.6 Å². The molecule has 0 aliphatic heterocycles. The zero-order valence-corrected chi connectivity index (χ0v) is 10.8. The van der Waals surface area contributed by atoms with Crippen LogP contribution in [0.1, 0.15) is 6.92 Å². The summed E-state index contributed by atoms with van der Waals surface area (Å²) in [7, 11) is 0. The fourth-order valence-corrected chi connectivity index (χ4v) is 2.14. The Kier molecular flexibility index (Phi) is 2.90. The number of rotatable bonds is 3. The first-order valence-electron chi connectivity index (χ1n) is 6.20. The molecule has 0 unspecified atom stereocenters. The summed E-state index contributed by atoms with van der Waals surface area (Å²) in [5, 5.41) is 27.2.